The van der Waals surface area contributed by atoms with Crippen molar-refractivity contribution in [2.45, 2.75) is 19.3 Å². The van der Waals surface area contributed by atoms with Gasteiger partial charge in [-0.05, 0) is 24.6 Å². The molecule has 0 saturated heterocycles. The van der Waals surface area contributed by atoms with Crippen LogP contribution in [0, 0.1) is 0 Å². The lowest BCUT2D eigenvalue weighted by Crippen LogP contribution is -2.11. The molecular formula is C11H12ClNO3. The van der Waals surface area contributed by atoms with Gasteiger partial charge in [-0.2, -0.15) is 0 Å². The van der Waals surface area contributed by atoms with Gasteiger partial charge in [0.1, 0.15) is 0 Å². The van der Waals surface area contributed by atoms with Crippen LogP contribution >= 0.6 is 11.6 Å². The molecule has 0 aliphatic carbocycles. The van der Waals surface area contributed by atoms with E-state index in [1.807, 2.05) is 0 Å². The molecule has 5 heteroatoms. The molecule has 0 aliphatic heterocycles. The van der Waals surface area contributed by atoms with E-state index in [2.05, 4.69) is 5.32 Å². The maximum absolute atomic E-state index is 11.4. The number of carbonyl (C=O) groups excluding carboxylic acids is 1. The van der Waals surface area contributed by atoms with Crippen molar-refractivity contribution in [2.24, 2.45) is 0 Å². The lowest BCUT2D eigenvalue weighted by molar-refractivity contribution is -0.137. The fourth-order valence-corrected chi connectivity index (χ4v) is 1.38. The van der Waals surface area contributed by atoms with Gasteiger partial charge in [0.05, 0.1) is 0 Å². The molecule has 4 nitrogen and oxygen atoms in total. The van der Waals surface area contributed by atoms with E-state index in [9.17, 15) is 9.59 Å². The van der Waals surface area contributed by atoms with Gasteiger partial charge < -0.3 is 10.4 Å². The summed E-state index contributed by atoms with van der Waals surface area (Å²) in [5, 5.41) is 11.6. The van der Waals surface area contributed by atoms with Gasteiger partial charge >= 0.3 is 5.97 Å². The number of anilines is 1. The average molecular weight is 242 g/mol. The Morgan fingerprint density at radius 2 is 2.06 bits per heavy atom. The van der Waals surface area contributed by atoms with Crippen molar-refractivity contribution in [1.82, 2.24) is 0 Å². The summed E-state index contributed by atoms with van der Waals surface area (Å²) < 4.78 is 0. The molecule has 0 unspecified atom stereocenters. The van der Waals surface area contributed by atoms with E-state index >= 15 is 0 Å². The summed E-state index contributed by atoms with van der Waals surface area (Å²) >= 11 is 5.75. The second-order valence-corrected chi connectivity index (χ2v) is 3.74. The van der Waals surface area contributed by atoms with Crippen molar-refractivity contribution in [3.05, 3.63) is 29.3 Å². The van der Waals surface area contributed by atoms with Crippen LogP contribution in [0.1, 0.15) is 19.3 Å². The van der Waals surface area contributed by atoms with Gasteiger partial charge in [-0.25, -0.2) is 0 Å². The van der Waals surface area contributed by atoms with Crippen molar-refractivity contribution in [3.63, 3.8) is 0 Å². The van der Waals surface area contributed by atoms with Gasteiger partial charge in [0.25, 0.3) is 0 Å². The van der Waals surface area contributed by atoms with E-state index in [-0.39, 0.29) is 18.7 Å². The molecule has 0 atom stereocenters. The highest BCUT2D eigenvalue weighted by Gasteiger charge is 2.04. The summed E-state index contributed by atoms with van der Waals surface area (Å²) in [4.78, 5) is 21.6. The van der Waals surface area contributed by atoms with E-state index in [0.29, 0.717) is 17.1 Å². The maximum atomic E-state index is 11.4. The van der Waals surface area contributed by atoms with Crippen LogP contribution in [0.2, 0.25) is 5.02 Å². The number of nitrogens with one attached hydrogen (secondary N) is 1. The van der Waals surface area contributed by atoms with Crippen molar-refractivity contribution in [2.75, 3.05) is 5.32 Å². The molecule has 0 heterocycles. The number of amides is 1. The Morgan fingerprint density at radius 3 is 2.69 bits per heavy atom. The molecule has 0 aromatic heterocycles. The molecule has 1 rings (SSSR count). The standard InChI is InChI=1S/C11H12ClNO3/c12-8-3-1-4-9(7-8)13-10(14)5-2-6-11(15)16/h1,3-4,7H,2,5-6H2,(H,13,14)(H,15,16). The van der Waals surface area contributed by atoms with Crippen molar-refractivity contribution < 1.29 is 14.7 Å². The summed E-state index contributed by atoms with van der Waals surface area (Å²) in [5.74, 6) is -1.10. The first-order valence-electron chi connectivity index (χ1n) is 4.85. The first-order chi connectivity index (χ1) is 7.58. The zero-order chi connectivity index (χ0) is 12.0. The minimum Gasteiger partial charge on any atom is -0.481 e. The van der Waals surface area contributed by atoms with Gasteiger partial charge in [0.2, 0.25) is 5.91 Å². The van der Waals surface area contributed by atoms with E-state index in [1.165, 1.54) is 0 Å². The number of rotatable bonds is 5. The second-order valence-electron chi connectivity index (χ2n) is 3.31. The van der Waals surface area contributed by atoms with Gasteiger partial charge in [0.15, 0.2) is 0 Å². The third kappa shape index (κ3) is 4.79. The maximum Gasteiger partial charge on any atom is 0.303 e. The van der Waals surface area contributed by atoms with Gasteiger partial charge in [-0.15, -0.1) is 0 Å². The topological polar surface area (TPSA) is 66.4 Å². The summed E-state index contributed by atoms with van der Waals surface area (Å²) in [6, 6.07) is 6.80. The number of benzene rings is 1. The monoisotopic (exact) mass is 241 g/mol. The number of carbonyl (C=O) groups is 2. The molecular weight excluding hydrogens is 230 g/mol. The first-order valence-corrected chi connectivity index (χ1v) is 5.23. The molecule has 0 radical (unpaired) electrons. The summed E-state index contributed by atoms with van der Waals surface area (Å²) in [6.07, 6.45) is 0.531. The Morgan fingerprint density at radius 1 is 1.31 bits per heavy atom. The van der Waals surface area contributed by atoms with E-state index in [0.717, 1.165) is 0 Å². The van der Waals surface area contributed by atoms with E-state index in [1.54, 1.807) is 24.3 Å². The van der Waals surface area contributed by atoms with Crippen molar-refractivity contribution in [3.8, 4) is 0 Å². The Kier molecular flexibility index (Phi) is 4.79. The number of hydrogen-bond donors (Lipinski definition) is 2. The van der Waals surface area contributed by atoms with Gasteiger partial charge in [-0.1, -0.05) is 17.7 Å². The Hall–Kier alpha value is -1.55. The van der Waals surface area contributed by atoms with E-state index < -0.39 is 5.97 Å². The molecule has 0 spiro atoms. The lowest BCUT2D eigenvalue weighted by atomic mass is 10.2. The number of hydrogen-bond acceptors (Lipinski definition) is 2. The predicted molar refractivity (Wildman–Crippen MR) is 61.6 cm³/mol. The summed E-state index contributed by atoms with van der Waals surface area (Å²) in [5.41, 5.74) is 0.618. The fraction of sp³-hybridized carbons (Fsp3) is 0.273. The average Bonchev–Trinajstić information content (AvgIpc) is 2.16. The molecule has 0 fully saturated rings. The smallest absolute Gasteiger partial charge is 0.303 e. The molecule has 0 bridgehead atoms. The van der Waals surface area contributed by atoms with Gasteiger partial charge in [-0.3, -0.25) is 9.59 Å². The Balaban J connectivity index is 2.37. The SMILES string of the molecule is O=C(O)CCCC(=O)Nc1cccc(Cl)c1. The molecule has 0 aliphatic rings. The molecule has 1 aromatic carbocycles. The highest BCUT2D eigenvalue weighted by Crippen LogP contribution is 2.15. The van der Waals surface area contributed by atoms with Crippen LogP contribution in [-0.2, 0) is 9.59 Å². The van der Waals surface area contributed by atoms with Crippen LogP contribution in [0.4, 0.5) is 5.69 Å². The predicted octanol–water partition coefficient (Wildman–Crippen LogP) is 2.53. The molecule has 16 heavy (non-hydrogen) atoms. The normalized spacial score (nSPS) is 9.81. The summed E-state index contributed by atoms with van der Waals surface area (Å²) in [7, 11) is 0. The highest BCUT2D eigenvalue weighted by atomic mass is 35.5. The van der Waals surface area contributed by atoms with Crippen LogP contribution in [-0.4, -0.2) is 17.0 Å². The van der Waals surface area contributed by atoms with Crippen LogP contribution < -0.4 is 5.32 Å². The molecule has 1 amide bonds. The van der Waals surface area contributed by atoms with Gasteiger partial charge in [0, 0.05) is 23.6 Å². The molecule has 0 saturated carbocycles. The zero-order valence-corrected chi connectivity index (χ0v) is 9.33. The van der Waals surface area contributed by atoms with Crippen molar-refractivity contribution >= 4 is 29.2 Å². The highest BCUT2D eigenvalue weighted by molar-refractivity contribution is 6.30. The molecule has 2 N–H and O–H groups in total. The van der Waals surface area contributed by atoms with Crippen LogP contribution in [0.3, 0.4) is 0 Å². The third-order valence-corrected chi connectivity index (χ3v) is 2.14. The lowest BCUT2D eigenvalue weighted by Gasteiger charge is -2.04. The number of carboxylic acids is 1. The molecule has 86 valence electrons. The number of carboxylic acid groups (broad SMARTS) is 1. The largest absolute Gasteiger partial charge is 0.481 e. The third-order valence-electron chi connectivity index (χ3n) is 1.90. The van der Waals surface area contributed by atoms with E-state index in [4.69, 9.17) is 16.7 Å². The fourth-order valence-electron chi connectivity index (χ4n) is 1.19. The zero-order valence-electron chi connectivity index (χ0n) is 8.57. The first kappa shape index (κ1) is 12.5. The molecule has 1 aromatic rings. The number of halogens is 1. The van der Waals surface area contributed by atoms with Crippen LogP contribution in [0.5, 0.6) is 0 Å². The summed E-state index contributed by atoms with van der Waals surface area (Å²) in [6.45, 7) is 0. The van der Waals surface area contributed by atoms with Crippen molar-refractivity contribution in [1.29, 1.82) is 0 Å². The van der Waals surface area contributed by atoms with Crippen LogP contribution in [0.25, 0.3) is 0 Å². The number of aliphatic carboxylic acids is 1. The quantitative estimate of drug-likeness (QED) is 0.833. The second kappa shape index (κ2) is 6.12. The minimum absolute atomic E-state index is 0.00294. The Labute approximate surface area is 98.2 Å². The minimum atomic E-state index is -0.893. The Bertz CT molecular complexity index is 393. The van der Waals surface area contributed by atoms with Crippen LogP contribution in [0.15, 0.2) is 24.3 Å².